The number of amides is 1. The van der Waals surface area contributed by atoms with Gasteiger partial charge in [-0.05, 0) is 36.8 Å². The molecule has 0 aliphatic carbocycles. The van der Waals surface area contributed by atoms with Crippen LogP contribution in [0.5, 0.6) is 5.88 Å². The van der Waals surface area contributed by atoms with Gasteiger partial charge in [0.1, 0.15) is 0 Å². The molecule has 3 atom stereocenters. The zero-order valence-electron chi connectivity index (χ0n) is 15.0. The summed E-state index contributed by atoms with van der Waals surface area (Å²) in [7, 11) is 0. The predicted octanol–water partition coefficient (Wildman–Crippen LogP) is 2.88. The normalized spacial score (nSPS) is 15.1. The average Bonchev–Trinajstić information content (AvgIpc) is 2.50. The molecule has 1 heterocycles. The number of nitrogens with zero attached hydrogens (tertiary/aromatic N) is 1. The molecule has 5 heteroatoms. The molecule has 0 radical (unpaired) electrons. The van der Waals surface area contributed by atoms with Crippen LogP contribution in [-0.4, -0.2) is 23.0 Å². The van der Waals surface area contributed by atoms with Crippen LogP contribution in [0.2, 0.25) is 0 Å². The Balaban J connectivity index is 2.55. The zero-order valence-corrected chi connectivity index (χ0v) is 15.0. The van der Waals surface area contributed by atoms with Crippen molar-refractivity contribution in [2.45, 2.75) is 66.2 Å². The molecule has 130 valence electrons. The highest BCUT2D eigenvalue weighted by Gasteiger charge is 2.18. The Hall–Kier alpha value is -1.62. The van der Waals surface area contributed by atoms with Crippen molar-refractivity contribution in [3.05, 3.63) is 23.9 Å². The summed E-state index contributed by atoms with van der Waals surface area (Å²) < 4.78 is 5.83. The fourth-order valence-electron chi connectivity index (χ4n) is 2.36. The maximum Gasteiger partial charge on any atom is 0.237 e. The number of ether oxygens (including phenoxy) is 1. The number of carbonyl (C=O) groups excluding carboxylic acids is 1. The van der Waals surface area contributed by atoms with Gasteiger partial charge in [-0.2, -0.15) is 0 Å². The summed E-state index contributed by atoms with van der Waals surface area (Å²) >= 11 is 0. The summed E-state index contributed by atoms with van der Waals surface area (Å²) in [4.78, 5) is 16.2. The van der Waals surface area contributed by atoms with Crippen LogP contribution in [0.15, 0.2) is 18.3 Å². The monoisotopic (exact) mass is 321 g/mol. The lowest BCUT2D eigenvalue weighted by Crippen LogP contribution is -2.44. The topological polar surface area (TPSA) is 77.2 Å². The second-order valence-electron chi connectivity index (χ2n) is 6.69. The van der Waals surface area contributed by atoms with Crippen LogP contribution in [0.25, 0.3) is 0 Å². The number of rotatable bonds is 9. The van der Waals surface area contributed by atoms with Gasteiger partial charge in [-0.25, -0.2) is 4.98 Å². The summed E-state index contributed by atoms with van der Waals surface area (Å²) in [5.74, 6) is 1.22. The fraction of sp³-hybridized carbons (Fsp3) is 0.667. The SMILES string of the molecule is CCC(C)C(N)C(=O)NCc1ccnc(OC(C)CC(C)C)c1. The van der Waals surface area contributed by atoms with Gasteiger partial charge in [0.25, 0.3) is 0 Å². The van der Waals surface area contributed by atoms with Gasteiger partial charge in [-0.3, -0.25) is 4.79 Å². The second kappa shape index (κ2) is 9.50. The first-order valence-electron chi connectivity index (χ1n) is 8.48. The van der Waals surface area contributed by atoms with E-state index < -0.39 is 6.04 Å². The van der Waals surface area contributed by atoms with Crippen LogP contribution < -0.4 is 15.8 Å². The van der Waals surface area contributed by atoms with E-state index in [1.54, 1.807) is 6.20 Å². The van der Waals surface area contributed by atoms with Crippen molar-refractivity contribution in [3.63, 3.8) is 0 Å². The minimum atomic E-state index is -0.469. The Morgan fingerprint density at radius 3 is 2.65 bits per heavy atom. The molecule has 5 nitrogen and oxygen atoms in total. The standard InChI is InChI=1S/C18H31N3O2/c1-6-13(4)17(19)18(22)21-11-15-7-8-20-16(10-15)23-14(5)9-12(2)3/h7-8,10,12-14,17H,6,9,11,19H2,1-5H3,(H,21,22). The fourth-order valence-corrected chi connectivity index (χ4v) is 2.36. The van der Waals surface area contributed by atoms with Crippen molar-refractivity contribution in [1.82, 2.24) is 10.3 Å². The molecule has 1 rings (SSSR count). The Morgan fingerprint density at radius 1 is 1.35 bits per heavy atom. The third-order valence-electron chi connectivity index (χ3n) is 3.95. The quantitative estimate of drug-likeness (QED) is 0.733. The molecule has 1 aromatic rings. The molecule has 0 spiro atoms. The van der Waals surface area contributed by atoms with Gasteiger partial charge in [-0.1, -0.05) is 34.1 Å². The van der Waals surface area contributed by atoms with Crippen LogP contribution in [-0.2, 0) is 11.3 Å². The first kappa shape index (κ1) is 19.4. The van der Waals surface area contributed by atoms with E-state index in [4.69, 9.17) is 10.5 Å². The number of pyridine rings is 1. The Bertz CT molecular complexity index is 491. The van der Waals surface area contributed by atoms with Gasteiger partial charge in [0.2, 0.25) is 11.8 Å². The third-order valence-corrected chi connectivity index (χ3v) is 3.95. The largest absolute Gasteiger partial charge is 0.475 e. The number of carbonyl (C=O) groups is 1. The van der Waals surface area contributed by atoms with Crippen molar-refractivity contribution in [2.75, 3.05) is 0 Å². The van der Waals surface area contributed by atoms with E-state index >= 15 is 0 Å². The van der Waals surface area contributed by atoms with E-state index in [0.29, 0.717) is 18.3 Å². The van der Waals surface area contributed by atoms with Crippen molar-refractivity contribution >= 4 is 5.91 Å². The van der Waals surface area contributed by atoms with Crippen molar-refractivity contribution < 1.29 is 9.53 Å². The molecule has 0 fully saturated rings. The van der Waals surface area contributed by atoms with Crippen LogP contribution >= 0.6 is 0 Å². The molecule has 1 amide bonds. The maximum atomic E-state index is 12.0. The molecule has 0 saturated carbocycles. The van der Waals surface area contributed by atoms with Crippen LogP contribution in [0.4, 0.5) is 0 Å². The van der Waals surface area contributed by atoms with Crippen LogP contribution in [0.3, 0.4) is 0 Å². The molecule has 0 aliphatic heterocycles. The molecule has 1 aromatic heterocycles. The van der Waals surface area contributed by atoms with Crippen molar-refractivity contribution in [3.8, 4) is 5.88 Å². The molecule has 0 saturated heterocycles. The van der Waals surface area contributed by atoms with E-state index in [2.05, 4.69) is 24.1 Å². The lowest BCUT2D eigenvalue weighted by Gasteiger charge is -2.18. The highest BCUT2D eigenvalue weighted by molar-refractivity contribution is 5.81. The van der Waals surface area contributed by atoms with Gasteiger partial charge in [0, 0.05) is 18.8 Å². The lowest BCUT2D eigenvalue weighted by atomic mass is 9.99. The van der Waals surface area contributed by atoms with E-state index in [-0.39, 0.29) is 17.9 Å². The summed E-state index contributed by atoms with van der Waals surface area (Å²) in [6, 6.07) is 3.27. The minimum Gasteiger partial charge on any atom is -0.475 e. The summed E-state index contributed by atoms with van der Waals surface area (Å²) in [6.45, 7) is 10.8. The molecule has 0 aromatic carbocycles. The van der Waals surface area contributed by atoms with Gasteiger partial charge < -0.3 is 15.8 Å². The Morgan fingerprint density at radius 2 is 2.04 bits per heavy atom. The summed E-state index contributed by atoms with van der Waals surface area (Å²) in [5, 5.41) is 2.88. The van der Waals surface area contributed by atoms with E-state index in [1.165, 1.54) is 0 Å². The van der Waals surface area contributed by atoms with Crippen LogP contribution in [0.1, 0.15) is 53.0 Å². The van der Waals surface area contributed by atoms with E-state index in [1.807, 2.05) is 32.9 Å². The van der Waals surface area contributed by atoms with Gasteiger partial charge in [-0.15, -0.1) is 0 Å². The highest BCUT2D eigenvalue weighted by atomic mass is 16.5. The summed E-state index contributed by atoms with van der Waals surface area (Å²) in [6.07, 6.45) is 3.68. The predicted molar refractivity (Wildman–Crippen MR) is 93.1 cm³/mol. The molecule has 0 bridgehead atoms. The van der Waals surface area contributed by atoms with Crippen molar-refractivity contribution in [1.29, 1.82) is 0 Å². The maximum absolute atomic E-state index is 12.0. The number of aromatic nitrogens is 1. The van der Waals surface area contributed by atoms with Gasteiger partial charge in [0.15, 0.2) is 0 Å². The minimum absolute atomic E-state index is 0.117. The number of nitrogens with one attached hydrogen (secondary N) is 1. The third kappa shape index (κ3) is 6.99. The lowest BCUT2D eigenvalue weighted by molar-refractivity contribution is -0.123. The first-order valence-corrected chi connectivity index (χ1v) is 8.48. The number of hydrogen-bond acceptors (Lipinski definition) is 4. The summed E-state index contributed by atoms with van der Waals surface area (Å²) in [5.41, 5.74) is 6.88. The Labute approximate surface area is 140 Å². The molecular weight excluding hydrogens is 290 g/mol. The zero-order chi connectivity index (χ0) is 17.4. The second-order valence-corrected chi connectivity index (χ2v) is 6.69. The van der Waals surface area contributed by atoms with Crippen LogP contribution in [0, 0.1) is 11.8 Å². The van der Waals surface area contributed by atoms with E-state index in [0.717, 1.165) is 18.4 Å². The Kier molecular flexibility index (Phi) is 8.03. The van der Waals surface area contributed by atoms with Gasteiger partial charge >= 0.3 is 0 Å². The molecule has 23 heavy (non-hydrogen) atoms. The molecule has 3 unspecified atom stereocenters. The van der Waals surface area contributed by atoms with E-state index in [9.17, 15) is 4.79 Å². The van der Waals surface area contributed by atoms with Crippen molar-refractivity contribution in [2.24, 2.45) is 17.6 Å². The smallest absolute Gasteiger partial charge is 0.237 e. The average molecular weight is 321 g/mol. The molecular formula is C18H31N3O2. The van der Waals surface area contributed by atoms with Gasteiger partial charge in [0.05, 0.1) is 12.1 Å². The molecule has 0 aliphatic rings. The highest BCUT2D eigenvalue weighted by Crippen LogP contribution is 2.15. The molecule has 3 N–H and O–H groups in total. The number of nitrogens with two attached hydrogens (primary N) is 1. The first-order chi connectivity index (χ1) is 10.8. The number of hydrogen-bond donors (Lipinski definition) is 2.